The summed E-state index contributed by atoms with van der Waals surface area (Å²) in [5.74, 6) is 2.51. The number of benzene rings is 2. The zero-order valence-corrected chi connectivity index (χ0v) is 19.5. The Bertz CT molecular complexity index is 800. The van der Waals surface area contributed by atoms with Crippen molar-refractivity contribution in [1.82, 2.24) is 0 Å². The minimum absolute atomic E-state index is 0.126. The van der Waals surface area contributed by atoms with Gasteiger partial charge in [0.25, 0.3) is 0 Å². The number of methoxy groups -OCH3 is 2. The minimum atomic E-state index is 0.126. The van der Waals surface area contributed by atoms with Crippen molar-refractivity contribution in [2.45, 2.75) is 60.8 Å². The standard InChI is InChI=1S/C26H38O3/c1-19-15-22(11-10-21(19)18-25(2,3)4)29-14-13-26(5,6)17-20-9-12-23(27-7)24(16-20)28-8/h9-12,15-16H,13-14,17-18H2,1-8H3. The second kappa shape index (κ2) is 9.56. The van der Waals surface area contributed by atoms with Crippen molar-refractivity contribution in [3.05, 3.63) is 53.1 Å². The first-order valence-electron chi connectivity index (χ1n) is 10.5. The first-order chi connectivity index (χ1) is 13.5. The lowest BCUT2D eigenvalue weighted by Crippen LogP contribution is -2.19. The van der Waals surface area contributed by atoms with E-state index < -0.39 is 0 Å². The molecule has 0 saturated heterocycles. The quantitative estimate of drug-likeness (QED) is 0.474. The average Bonchev–Trinajstić information content (AvgIpc) is 2.62. The maximum atomic E-state index is 6.08. The van der Waals surface area contributed by atoms with Crippen molar-refractivity contribution in [3.8, 4) is 17.2 Å². The Morgan fingerprint density at radius 3 is 2.07 bits per heavy atom. The fourth-order valence-electron chi connectivity index (χ4n) is 3.60. The molecule has 3 nitrogen and oxygen atoms in total. The Hall–Kier alpha value is -2.16. The van der Waals surface area contributed by atoms with E-state index in [9.17, 15) is 0 Å². The van der Waals surface area contributed by atoms with Crippen LogP contribution in [0.5, 0.6) is 17.2 Å². The number of hydrogen-bond donors (Lipinski definition) is 0. The summed E-state index contributed by atoms with van der Waals surface area (Å²) in [6.45, 7) is 14.3. The molecule has 0 spiro atoms. The first-order valence-corrected chi connectivity index (χ1v) is 10.5. The molecular weight excluding hydrogens is 360 g/mol. The van der Waals surface area contributed by atoms with Crippen LogP contribution in [0.3, 0.4) is 0 Å². The van der Waals surface area contributed by atoms with E-state index in [1.807, 2.05) is 6.07 Å². The second-order valence-electron chi connectivity index (χ2n) is 9.95. The maximum Gasteiger partial charge on any atom is 0.160 e. The zero-order valence-electron chi connectivity index (χ0n) is 19.5. The summed E-state index contributed by atoms with van der Waals surface area (Å²) in [4.78, 5) is 0. The fraction of sp³-hybridized carbons (Fsp3) is 0.538. The van der Waals surface area contributed by atoms with E-state index in [0.29, 0.717) is 12.0 Å². The van der Waals surface area contributed by atoms with Gasteiger partial charge in [0.2, 0.25) is 0 Å². The molecule has 2 aromatic rings. The van der Waals surface area contributed by atoms with E-state index in [2.05, 4.69) is 71.9 Å². The average molecular weight is 399 g/mol. The van der Waals surface area contributed by atoms with Gasteiger partial charge in [-0.15, -0.1) is 0 Å². The van der Waals surface area contributed by atoms with Crippen LogP contribution < -0.4 is 14.2 Å². The summed E-state index contributed by atoms with van der Waals surface area (Å²) in [6, 6.07) is 12.6. The molecule has 0 bridgehead atoms. The molecule has 0 fully saturated rings. The van der Waals surface area contributed by atoms with Gasteiger partial charge in [0.15, 0.2) is 11.5 Å². The first kappa shape index (κ1) is 23.1. The topological polar surface area (TPSA) is 27.7 Å². The van der Waals surface area contributed by atoms with Crippen LogP contribution in [0.4, 0.5) is 0 Å². The molecular formula is C26H38O3. The largest absolute Gasteiger partial charge is 0.494 e. The maximum absolute atomic E-state index is 6.08. The highest BCUT2D eigenvalue weighted by Gasteiger charge is 2.20. The smallest absolute Gasteiger partial charge is 0.160 e. The summed E-state index contributed by atoms with van der Waals surface area (Å²) < 4.78 is 16.8. The lowest BCUT2D eigenvalue weighted by atomic mass is 9.83. The van der Waals surface area contributed by atoms with Gasteiger partial charge in [0.05, 0.1) is 20.8 Å². The van der Waals surface area contributed by atoms with Crippen molar-refractivity contribution in [2.24, 2.45) is 10.8 Å². The second-order valence-corrected chi connectivity index (χ2v) is 9.95. The zero-order chi connectivity index (χ0) is 21.7. The van der Waals surface area contributed by atoms with Gasteiger partial charge in [-0.1, -0.05) is 46.8 Å². The predicted molar refractivity (Wildman–Crippen MR) is 121 cm³/mol. The van der Waals surface area contributed by atoms with Crippen LogP contribution in [-0.2, 0) is 12.8 Å². The molecule has 29 heavy (non-hydrogen) atoms. The molecule has 3 heteroatoms. The third-order valence-corrected chi connectivity index (χ3v) is 5.21. The molecule has 0 saturated carbocycles. The Morgan fingerprint density at radius 2 is 1.48 bits per heavy atom. The highest BCUT2D eigenvalue weighted by atomic mass is 16.5. The third kappa shape index (κ3) is 7.30. The van der Waals surface area contributed by atoms with Crippen molar-refractivity contribution < 1.29 is 14.2 Å². The molecule has 0 amide bonds. The molecule has 2 rings (SSSR count). The normalized spacial score (nSPS) is 12.0. The van der Waals surface area contributed by atoms with Crippen LogP contribution in [-0.4, -0.2) is 20.8 Å². The molecule has 0 aliphatic rings. The molecule has 0 atom stereocenters. The van der Waals surface area contributed by atoms with E-state index in [0.717, 1.165) is 36.5 Å². The SMILES string of the molecule is COc1ccc(CC(C)(C)CCOc2ccc(CC(C)(C)C)c(C)c2)cc1OC. The molecule has 0 heterocycles. The van der Waals surface area contributed by atoms with E-state index in [1.54, 1.807) is 14.2 Å². The van der Waals surface area contributed by atoms with Crippen molar-refractivity contribution in [1.29, 1.82) is 0 Å². The highest BCUT2D eigenvalue weighted by molar-refractivity contribution is 5.43. The molecule has 0 N–H and O–H groups in total. The summed E-state index contributed by atoms with van der Waals surface area (Å²) in [5, 5.41) is 0. The summed E-state index contributed by atoms with van der Waals surface area (Å²) in [6.07, 6.45) is 3.02. The number of rotatable bonds is 9. The Labute approximate surface area is 177 Å². The Morgan fingerprint density at radius 1 is 0.793 bits per heavy atom. The van der Waals surface area contributed by atoms with Crippen LogP contribution in [0.15, 0.2) is 36.4 Å². The minimum Gasteiger partial charge on any atom is -0.494 e. The van der Waals surface area contributed by atoms with Gasteiger partial charge in [-0.3, -0.25) is 0 Å². The number of hydrogen-bond acceptors (Lipinski definition) is 3. The van der Waals surface area contributed by atoms with Crippen LogP contribution in [0.25, 0.3) is 0 Å². The van der Waals surface area contributed by atoms with Crippen molar-refractivity contribution in [3.63, 3.8) is 0 Å². The molecule has 0 aromatic heterocycles. The highest BCUT2D eigenvalue weighted by Crippen LogP contribution is 2.32. The van der Waals surface area contributed by atoms with E-state index in [-0.39, 0.29) is 5.41 Å². The van der Waals surface area contributed by atoms with E-state index in [4.69, 9.17) is 14.2 Å². The lowest BCUT2D eigenvalue weighted by Gasteiger charge is -2.25. The molecule has 0 unspecified atom stereocenters. The number of aryl methyl sites for hydroxylation is 1. The van der Waals surface area contributed by atoms with Gasteiger partial charge < -0.3 is 14.2 Å². The molecule has 160 valence electrons. The van der Waals surface area contributed by atoms with E-state index in [1.165, 1.54) is 16.7 Å². The van der Waals surface area contributed by atoms with Gasteiger partial charge >= 0.3 is 0 Å². The van der Waals surface area contributed by atoms with Gasteiger partial charge in [-0.25, -0.2) is 0 Å². The number of ether oxygens (including phenoxy) is 3. The molecule has 0 radical (unpaired) electrons. The van der Waals surface area contributed by atoms with E-state index >= 15 is 0 Å². The van der Waals surface area contributed by atoms with Crippen LogP contribution in [0.2, 0.25) is 0 Å². The fourth-order valence-corrected chi connectivity index (χ4v) is 3.60. The molecule has 0 aliphatic carbocycles. The summed E-state index contributed by atoms with van der Waals surface area (Å²) >= 11 is 0. The van der Waals surface area contributed by atoms with Gasteiger partial charge in [-0.05, 0) is 78.0 Å². The third-order valence-electron chi connectivity index (χ3n) is 5.21. The Kier molecular flexibility index (Phi) is 7.62. The summed E-state index contributed by atoms with van der Waals surface area (Å²) in [7, 11) is 3.34. The van der Waals surface area contributed by atoms with Crippen LogP contribution in [0.1, 0.15) is 57.7 Å². The molecule has 2 aromatic carbocycles. The predicted octanol–water partition coefficient (Wildman–Crippen LogP) is 6.64. The Balaban J connectivity index is 1.93. The van der Waals surface area contributed by atoms with Crippen LogP contribution in [0, 0.1) is 17.8 Å². The van der Waals surface area contributed by atoms with Crippen molar-refractivity contribution in [2.75, 3.05) is 20.8 Å². The molecule has 0 aliphatic heterocycles. The monoisotopic (exact) mass is 398 g/mol. The van der Waals surface area contributed by atoms with Gasteiger partial charge in [0.1, 0.15) is 5.75 Å². The van der Waals surface area contributed by atoms with Gasteiger partial charge in [0, 0.05) is 0 Å². The lowest BCUT2D eigenvalue weighted by molar-refractivity contribution is 0.226. The van der Waals surface area contributed by atoms with Crippen LogP contribution >= 0.6 is 0 Å². The van der Waals surface area contributed by atoms with Gasteiger partial charge in [-0.2, -0.15) is 0 Å². The van der Waals surface area contributed by atoms with Crippen molar-refractivity contribution >= 4 is 0 Å². The summed E-state index contributed by atoms with van der Waals surface area (Å²) in [5.41, 5.74) is 4.37.